The van der Waals surface area contributed by atoms with Gasteiger partial charge in [0.25, 0.3) is 5.91 Å². The van der Waals surface area contributed by atoms with E-state index in [1.54, 1.807) is 0 Å². The van der Waals surface area contributed by atoms with Crippen molar-refractivity contribution in [2.24, 2.45) is 0 Å². The van der Waals surface area contributed by atoms with Gasteiger partial charge in [-0.05, 0) is 31.9 Å². The second kappa shape index (κ2) is 6.45. The second-order valence-electron chi connectivity index (χ2n) is 5.53. The van der Waals surface area contributed by atoms with E-state index in [2.05, 4.69) is 39.6 Å². The van der Waals surface area contributed by atoms with Crippen molar-refractivity contribution < 1.29 is 4.79 Å². The van der Waals surface area contributed by atoms with E-state index in [1.807, 2.05) is 25.1 Å². The quantitative estimate of drug-likeness (QED) is 0.744. The number of hydrogen-bond donors (Lipinski definition) is 2. The normalized spacial score (nSPS) is 11.3. The molecule has 0 aliphatic heterocycles. The van der Waals surface area contributed by atoms with Crippen molar-refractivity contribution in [3.8, 4) is 0 Å². The number of aromatic nitrogens is 4. The van der Waals surface area contributed by atoms with E-state index in [9.17, 15) is 4.79 Å². The lowest BCUT2D eigenvalue weighted by Gasteiger charge is -2.05. The van der Waals surface area contributed by atoms with Gasteiger partial charge in [-0.1, -0.05) is 36.8 Å². The first-order valence-electron chi connectivity index (χ1n) is 7.71. The molecule has 0 unspecified atom stereocenters. The molecule has 6 nitrogen and oxygen atoms in total. The molecule has 3 rings (SSSR count). The minimum atomic E-state index is -0.269. The third-order valence-corrected chi connectivity index (χ3v) is 4.93. The number of benzene rings is 1. The molecule has 0 radical (unpaired) electrons. The Bertz CT molecular complexity index is 834. The summed E-state index contributed by atoms with van der Waals surface area (Å²) in [6.45, 7) is 6.25. The Kier molecular flexibility index (Phi) is 4.38. The highest BCUT2D eigenvalue weighted by Crippen LogP contribution is 2.28. The number of H-pyrrole nitrogens is 1. The van der Waals surface area contributed by atoms with Gasteiger partial charge in [0.15, 0.2) is 5.69 Å². The van der Waals surface area contributed by atoms with E-state index >= 15 is 0 Å². The van der Waals surface area contributed by atoms with Crippen LogP contribution in [-0.2, 0) is 0 Å². The van der Waals surface area contributed by atoms with Gasteiger partial charge in [0.05, 0.1) is 5.52 Å². The number of hydrogen-bond acceptors (Lipinski definition) is 5. The molecule has 0 atom stereocenters. The maximum atomic E-state index is 12.5. The smallest absolute Gasteiger partial charge is 0.278 e. The van der Waals surface area contributed by atoms with Crippen molar-refractivity contribution >= 4 is 33.3 Å². The zero-order valence-corrected chi connectivity index (χ0v) is 14.2. The van der Waals surface area contributed by atoms with Crippen molar-refractivity contribution in [3.63, 3.8) is 0 Å². The highest BCUT2D eigenvalue weighted by Gasteiger charge is 2.18. The lowest BCUT2D eigenvalue weighted by atomic mass is 10.1. The number of nitrogens with one attached hydrogen (secondary N) is 2. The lowest BCUT2D eigenvalue weighted by molar-refractivity contribution is 0.102. The Hall–Kier alpha value is -2.28. The molecule has 3 aromatic rings. The molecule has 0 saturated carbocycles. The molecule has 0 aliphatic carbocycles. The number of carbonyl (C=O) groups excluding carboxylic acids is 1. The number of rotatable bonds is 5. The molecule has 2 heterocycles. The SMILES string of the molecule is CCC(CC)c1nnc(NC(=O)c2n[nH]c3ccc(C)cc23)s1. The zero-order valence-electron chi connectivity index (χ0n) is 13.4. The molecule has 120 valence electrons. The standard InChI is InChI=1S/C16H19N5OS/c1-4-10(5-2)15-20-21-16(23-15)17-14(22)13-11-8-9(3)6-7-12(11)18-19-13/h6-8,10H,4-5H2,1-3H3,(H,18,19)(H,17,21,22). The molecular formula is C16H19N5OS. The van der Waals surface area contributed by atoms with Gasteiger partial charge in [-0.3, -0.25) is 15.2 Å². The number of anilines is 1. The molecule has 0 aliphatic rings. The van der Waals surface area contributed by atoms with Gasteiger partial charge in [-0.2, -0.15) is 5.10 Å². The lowest BCUT2D eigenvalue weighted by Crippen LogP contribution is -2.12. The summed E-state index contributed by atoms with van der Waals surface area (Å²) in [4.78, 5) is 12.5. The summed E-state index contributed by atoms with van der Waals surface area (Å²) >= 11 is 1.43. The third-order valence-electron chi connectivity index (χ3n) is 3.93. The summed E-state index contributed by atoms with van der Waals surface area (Å²) < 4.78 is 0. The second-order valence-corrected chi connectivity index (χ2v) is 6.54. The predicted molar refractivity (Wildman–Crippen MR) is 92.0 cm³/mol. The van der Waals surface area contributed by atoms with Gasteiger partial charge < -0.3 is 0 Å². The van der Waals surface area contributed by atoms with Crippen LogP contribution in [0, 0.1) is 6.92 Å². The largest absolute Gasteiger partial charge is 0.295 e. The molecule has 0 fully saturated rings. The van der Waals surface area contributed by atoms with Crippen LogP contribution in [-0.4, -0.2) is 26.3 Å². The van der Waals surface area contributed by atoms with Crippen molar-refractivity contribution in [2.75, 3.05) is 5.32 Å². The molecule has 2 N–H and O–H groups in total. The first kappa shape index (κ1) is 15.6. The third kappa shape index (κ3) is 3.10. The van der Waals surface area contributed by atoms with Crippen LogP contribution < -0.4 is 5.32 Å². The molecule has 2 aromatic heterocycles. The van der Waals surface area contributed by atoms with Crippen LogP contribution in [0.5, 0.6) is 0 Å². The summed E-state index contributed by atoms with van der Waals surface area (Å²) in [5.74, 6) is 0.126. The monoisotopic (exact) mass is 329 g/mol. The fourth-order valence-corrected chi connectivity index (χ4v) is 3.55. The van der Waals surface area contributed by atoms with Crippen LogP contribution in [0.3, 0.4) is 0 Å². The fourth-order valence-electron chi connectivity index (χ4n) is 2.55. The highest BCUT2D eigenvalue weighted by molar-refractivity contribution is 7.15. The van der Waals surface area contributed by atoms with Gasteiger partial charge in [0, 0.05) is 11.3 Å². The number of amides is 1. The van der Waals surface area contributed by atoms with Gasteiger partial charge in [-0.15, -0.1) is 10.2 Å². The average molecular weight is 329 g/mol. The van der Waals surface area contributed by atoms with Gasteiger partial charge >= 0.3 is 0 Å². The zero-order chi connectivity index (χ0) is 16.4. The number of nitrogens with zero attached hydrogens (tertiary/aromatic N) is 3. The average Bonchev–Trinajstić information content (AvgIpc) is 3.15. The molecule has 7 heteroatoms. The predicted octanol–water partition coefficient (Wildman–Crippen LogP) is 3.88. The summed E-state index contributed by atoms with van der Waals surface area (Å²) in [6.07, 6.45) is 2.03. The maximum absolute atomic E-state index is 12.5. The molecule has 0 saturated heterocycles. The fraction of sp³-hybridized carbons (Fsp3) is 0.375. The number of carbonyl (C=O) groups is 1. The Morgan fingerprint density at radius 3 is 2.83 bits per heavy atom. The van der Waals surface area contributed by atoms with Crippen LogP contribution in [0.2, 0.25) is 0 Å². The summed E-state index contributed by atoms with van der Waals surface area (Å²) in [7, 11) is 0. The van der Waals surface area contributed by atoms with Crippen molar-refractivity contribution in [1.82, 2.24) is 20.4 Å². The Morgan fingerprint density at radius 1 is 1.30 bits per heavy atom. The summed E-state index contributed by atoms with van der Waals surface area (Å²) in [6, 6.07) is 5.85. The van der Waals surface area contributed by atoms with E-state index in [4.69, 9.17) is 0 Å². The van der Waals surface area contributed by atoms with E-state index < -0.39 is 0 Å². The van der Waals surface area contributed by atoms with Gasteiger partial charge in [-0.25, -0.2) is 0 Å². The van der Waals surface area contributed by atoms with Crippen LogP contribution in [0.1, 0.15) is 53.7 Å². The highest BCUT2D eigenvalue weighted by atomic mass is 32.1. The van der Waals surface area contributed by atoms with E-state index in [1.165, 1.54) is 11.3 Å². The van der Waals surface area contributed by atoms with E-state index in [0.29, 0.717) is 16.7 Å². The number of fused-ring (bicyclic) bond motifs is 1. The number of aromatic amines is 1. The van der Waals surface area contributed by atoms with Crippen LogP contribution in [0.15, 0.2) is 18.2 Å². The van der Waals surface area contributed by atoms with Crippen molar-refractivity contribution in [3.05, 3.63) is 34.5 Å². The summed E-state index contributed by atoms with van der Waals surface area (Å²) in [5, 5.41) is 20.4. The molecule has 0 spiro atoms. The molecule has 0 bridgehead atoms. The van der Waals surface area contributed by atoms with Crippen molar-refractivity contribution in [1.29, 1.82) is 0 Å². The molecule has 23 heavy (non-hydrogen) atoms. The van der Waals surface area contributed by atoms with E-state index in [0.717, 1.165) is 34.3 Å². The first-order valence-corrected chi connectivity index (χ1v) is 8.53. The Morgan fingerprint density at radius 2 is 2.09 bits per heavy atom. The Labute approximate surface area is 138 Å². The number of aryl methyl sites for hydroxylation is 1. The Balaban J connectivity index is 1.82. The molecule has 1 aromatic carbocycles. The summed E-state index contributed by atoms with van der Waals surface area (Å²) in [5.41, 5.74) is 2.30. The molecule has 1 amide bonds. The van der Waals surface area contributed by atoms with Gasteiger partial charge in [0.1, 0.15) is 5.01 Å². The van der Waals surface area contributed by atoms with Gasteiger partial charge in [0.2, 0.25) is 5.13 Å². The van der Waals surface area contributed by atoms with Crippen LogP contribution in [0.25, 0.3) is 10.9 Å². The maximum Gasteiger partial charge on any atom is 0.278 e. The minimum Gasteiger partial charge on any atom is -0.295 e. The van der Waals surface area contributed by atoms with Crippen molar-refractivity contribution in [2.45, 2.75) is 39.5 Å². The molecular weight excluding hydrogens is 310 g/mol. The van der Waals surface area contributed by atoms with Crippen LogP contribution in [0.4, 0.5) is 5.13 Å². The van der Waals surface area contributed by atoms with Crippen LogP contribution >= 0.6 is 11.3 Å². The topological polar surface area (TPSA) is 83.6 Å². The van der Waals surface area contributed by atoms with E-state index in [-0.39, 0.29) is 5.91 Å². The minimum absolute atomic E-state index is 0.269. The first-order chi connectivity index (χ1) is 11.1.